The van der Waals surface area contributed by atoms with Gasteiger partial charge in [-0.25, -0.2) is 4.79 Å². The van der Waals surface area contributed by atoms with Crippen LogP contribution in [0.5, 0.6) is 11.5 Å². The summed E-state index contributed by atoms with van der Waals surface area (Å²) in [5, 5.41) is 4.12. The SMILES string of the molecule is COC(=O)c1cc2c(s1)NCc1ccccc1O2. The van der Waals surface area contributed by atoms with Gasteiger partial charge in [0.25, 0.3) is 0 Å². The van der Waals surface area contributed by atoms with E-state index in [1.807, 2.05) is 24.3 Å². The van der Waals surface area contributed by atoms with Gasteiger partial charge in [-0.3, -0.25) is 0 Å². The van der Waals surface area contributed by atoms with Gasteiger partial charge in [-0.2, -0.15) is 0 Å². The minimum Gasteiger partial charge on any atom is -0.465 e. The van der Waals surface area contributed by atoms with E-state index in [9.17, 15) is 4.79 Å². The first-order chi connectivity index (χ1) is 8.78. The van der Waals surface area contributed by atoms with E-state index in [-0.39, 0.29) is 5.97 Å². The fourth-order valence-corrected chi connectivity index (χ4v) is 2.72. The topological polar surface area (TPSA) is 47.6 Å². The standard InChI is InChI=1S/C13H11NO3S/c1-16-13(15)11-6-10-12(18-11)14-7-8-4-2-3-5-9(8)17-10/h2-6,14H,7H2,1H3. The van der Waals surface area contributed by atoms with Crippen molar-refractivity contribution >= 4 is 22.3 Å². The maximum absolute atomic E-state index is 11.5. The molecule has 1 aromatic carbocycles. The van der Waals surface area contributed by atoms with Crippen molar-refractivity contribution in [2.75, 3.05) is 12.4 Å². The minimum atomic E-state index is -0.341. The molecule has 0 spiro atoms. The Balaban J connectivity index is 1.99. The number of ether oxygens (including phenoxy) is 2. The molecule has 4 nitrogen and oxygen atoms in total. The Morgan fingerprint density at radius 1 is 1.39 bits per heavy atom. The van der Waals surface area contributed by atoms with Crippen LogP contribution in [0.4, 0.5) is 5.00 Å². The van der Waals surface area contributed by atoms with Gasteiger partial charge in [-0.1, -0.05) is 18.2 Å². The van der Waals surface area contributed by atoms with Crippen LogP contribution in [0.1, 0.15) is 15.2 Å². The molecular formula is C13H11NO3S. The second-order valence-corrected chi connectivity index (χ2v) is 4.91. The fraction of sp³-hybridized carbons (Fsp3) is 0.154. The number of nitrogens with one attached hydrogen (secondary N) is 1. The molecule has 0 amide bonds. The maximum atomic E-state index is 11.5. The lowest BCUT2D eigenvalue weighted by molar-refractivity contribution is 0.0606. The lowest BCUT2D eigenvalue weighted by atomic mass is 10.2. The summed E-state index contributed by atoms with van der Waals surface area (Å²) in [4.78, 5) is 12.0. The van der Waals surface area contributed by atoms with Crippen LogP contribution in [-0.4, -0.2) is 13.1 Å². The van der Waals surface area contributed by atoms with Gasteiger partial charge in [0, 0.05) is 18.2 Å². The van der Waals surface area contributed by atoms with Crippen molar-refractivity contribution in [2.24, 2.45) is 0 Å². The highest BCUT2D eigenvalue weighted by molar-refractivity contribution is 7.18. The molecule has 1 aliphatic heterocycles. The summed E-state index contributed by atoms with van der Waals surface area (Å²) in [5.41, 5.74) is 1.10. The average molecular weight is 261 g/mol. The molecule has 2 aromatic rings. The molecule has 0 fully saturated rings. The van der Waals surface area contributed by atoms with Gasteiger partial charge in [-0.15, -0.1) is 11.3 Å². The summed E-state index contributed by atoms with van der Waals surface area (Å²) >= 11 is 1.34. The second-order valence-electron chi connectivity index (χ2n) is 3.86. The number of fused-ring (bicyclic) bond motifs is 2. The molecule has 0 atom stereocenters. The number of anilines is 1. The number of methoxy groups -OCH3 is 1. The Bertz CT molecular complexity index is 606. The van der Waals surface area contributed by atoms with E-state index < -0.39 is 0 Å². The van der Waals surface area contributed by atoms with Crippen LogP contribution in [0.15, 0.2) is 30.3 Å². The Hall–Kier alpha value is -2.01. The smallest absolute Gasteiger partial charge is 0.348 e. The average Bonchev–Trinajstić information content (AvgIpc) is 2.72. The van der Waals surface area contributed by atoms with E-state index in [4.69, 9.17) is 9.47 Å². The molecule has 1 aromatic heterocycles. The highest BCUT2D eigenvalue weighted by atomic mass is 32.1. The number of carbonyl (C=O) groups excluding carboxylic acids is 1. The minimum absolute atomic E-state index is 0.341. The maximum Gasteiger partial charge on any atom is 0.348 e. The van der Waals surface area contributed by atoms with E-state index in [0.717, 1.165) is 16.3 Å². The largest absolute Gasteiger partial charge is 0.465 e. The van der Waals surface area contributed by atoms with Gasteiger partial charge in [-0.05, 0) is 6.07 Å². The first-order valence-corrected chi connectivity index (χ1v) is 6.31. The fourth-order valence-electron chi connectivity index (χ4n) is 1.82. The molecule has 0 bridgehead atoms. The van der Waals surface area contributed by atoms with Crippen LogP contribution in [0.3, 0.4) is 0 Å². The molecular weight excluding hydrogens is 250 g/mol. The van der Waals surface area contributed by atoms with Crippen molar-refractivity contribution in [3.63, 3.8) is 0 Å². The van der Waals surface area contributed by atoms with Crippen LogP contribution in [-0.2, 0) is 11.3 Å². The van der Waals surface area contributed by atoms with Crippen molar-refractivity contribution in [3.05, 3.63) is 40.8 Å². The van der Waals surface area contributed by atoms with Crippen molar-refractivity contribution in [2.45, 2.75) is 6.54 Å². The normalized spacial score (nSPS) is 12.5. The first kappa shape index (κ1) is 11.1. The van der Waals surface area contributed by atoms with Crippen LogP contribution >= 0.6 is 11.3 Å². The van der Waals surface area contributed by atoms with E-state index >= 15 is 0 Å². The Morgan fingerprint density at radius 2 is 2.22 bits per heavy atom. The van der Waals surface area contributed by atoms with Gasteiger partial charge in [0.2, 0.25) is 0 Å². The highest BCUT2D eigenvalue weighted by Gasteiger charge is 2.20. The van der Waals surface area contributed by atoms with Crippen LogP contribution in [0.25, 0.3) is 0 Å². The van der Waals surface area contributed by atoms with Gasteiger partial charge in [0.05, 0.1) is 7.11 Å². The monoisotopic (exact) mass is 261 g/mol. The number of thiophene rings is 1. The summed E-state index contributed by atoms with van der Waals surface area (Å²) in [6.45, 7) is 0.685. The number of hydrogen-bond acceptors (Lipinski definition) is 5. The van der Waals surface area contributed by atoms with E-state index in [1.165, 1.54) is 18.4 Å². The number of rotatable bonds is 1. The van der Waals surface area contributed by atoms with Crippen LogP contribution < -0.4 is 10.1 Å². The molecule has 1 aliphatic rings. The molecule has 0 aliphatic carbocycles. The van der Waals surface area contributed by atoms with Crippen molar-refractivity contribution in [1.29, 1.82) is 0 Å². The van der Waals surface area contributed by atoms with E-state index in [0.29, 0.717) is 17.2 Å². The summed E-state index contributed by atoms with van der Waals surface area (Å²) in [6.07, 6.45) is 0. The Labute approximate surface area is 108 Å². The third kappa shape index (κ3) is 1.82. The summed E-state index contributed by atoms with van der Waals surface area (Å²) in [6, 6.07) is 9.54. The summed E-state index contributed by atoms with van der Waals surface area (Å²) in [7, 11) is 1.37. The molecule has 92 valence electrons. The quantitative estimate of drug-likeness (QED) is 0.800. The van der Waals surface area contributed by atoms with Crippen LogP contribution in [0, 0.1) is 0 Å². The predicted octanol–water partition coefficient (Wildman–Crippen LogP) is 3.25. The Morgan fingerprint density at radius 3 is 3.06 bits per heavy atom. The molecule has 2 heterocycles. The zero-order chi connectivity index (χ0) is 12.5. The highest BCUT2D eigenvalue weighted by Crippen LogP contribution is 2.41. The van der Waals surface area contributed by atoms with Gasteiger partial charge in [0.15, 0.2) is 5.75 Å². The predicted molar refractivity (Wildman–Crippen MR) is 69.5 cm³/mol. The van der Waals surface area contributed by atoms with E-state index in [1.54, 1.807) is 6.07 Å². The molecule has 0 radical (unpaired) electrons. The zero-order valence-corrected chi connectivity index (χ0v) is 10.5. The number of para-hydroxylation sites is 1. The number of hydrogen-bond donors (Lipinski definition) is 1. The van der Waals surface area contributed by atoms with Gasteiger partial charge >= 0.3 is 5.97 Å². The lowest BCUT2D eigenvalue weighted by Gasteiger charge is -2.04. The summed E-state index contributed by atoms with van der Waals surface area (Å²) in [5.74, 6) is 1.15. The van der Waals surface area contributed by atoms with E-state index in [2.05, 4.69) is 5.32 Å². The number of esters is 1. The van der Waals surface area contributed by atoms with Crippen molar-refractivity contribution in [3.8, 4) is 11.5 Å². The van der Waals surface area contributed by atoms with Gasteiger partial charge in [0.1, 0.15) is 15.6 Å². The lowest BCUT2D eigenvalue weighted by Crippen LogP contribution is -1.98. The molecule has 5 heteroatoms. The molecule has 0 unspecified atom stereocenters. The molecule has 18 heavy (non-hydrogen) atoms. The Kier molecular flexibility index (Phi) is 2.68. The molecule has 1 N–H and O–H groups in total. The van der Waals surface area contributed by atoms with Gasteiger partial charge < -0.3 is 14.8 Å². The molecule has 0 saturated heterocycles. The van der Waals surface area contributed by atoms with Crippen molar-refractivity contribution in [1.82, 2.24) is 0 Å². The molecule has 3 rings (SSSR count). The van der Waals surface area contributed by atoms with Crippen LogP contribution in [0.2, 0.25) is 0 Å². The summed E-state index contributed by atoms with van der Waals surface area (Å²) < 4.78 is 10.5. The molecule has 0 saturated carbocycles. The first-order valence-electron chi connectivity index (χ1n) is 5.49. The second kappa shape index (κ2) is 4.34. The number of carbonyl (C=O) groups is 1. The van der Waals surface area contributed by atoms with Crippen molar-refractivity contribution < 1.29 is 14.3 Å². The zero-order valence-electron chi connectivity index (χ0n) is 9.73. The number of benzene rings is 1. The third-order valence-electron chi connectivity index (χ3n) is 2.72. The third-order valence-corrected chi connectivity index (χ3v) is 3.77.